The zero-order valence-corrected chi connectivity index (χ0v) is 33.8. The molecule has 2 heterocycles. The molecule has 2 aliphatic rings. The van der Waals surface area contributed by atoms with Gasteiger partial charge >= 0.3 is 0 Å². The van der Waals surface area contributed by atoms with Crippen LogP contribution in [0.2, 0.25) is 0 Å². The molecule has 2 unspecified atom stereocenters. The van der Waals surface area contributed by atoms with Gasteiger partial charge in [-0.15, -0.1) is 0 Å². The van der Waals surface area contributed by atoms with Crippen LogP contribution in [-0.4, -0.2) is 41.0 Å². The molecule has 2 N–H and O–H groups in total. The molecule has 9 nitrogen and oxygen atoms in total. The van der Waals surface area contributed by atoms with E-state index in [2.05, 4.69) is 49.6 Å². The lowest BCUT2D eigenvalue weighted by Crippen LogP contribution is -2.42. The average molecular weight is 729 g/mol. The Balaban J connectivity index is 0.000000352. The van der Waals surface area contributed by atoms with Crippen molar-refractivity contribution < 1.29 is 33.6 Å². The third-order valence-electron chi connectivity index (χ3n) is 9.25. The lowest BCUT2D eigenvalue weighted by Gasteiger charge is -2.23. The Morgan fingerprint density at radius 2 is 1.21 bits per heavy atom. The summed E-state index contributed by atoms with van der Waals surface area (Å²) < 4.78 is 0. The molecule has 0 bridgehead atoms. The smallest absolute Gasteiger partial charge is 0.229 e. The van der Waals surface area contributed by atoms with Gasteiger partial charge in [0.2, 0.25) is 23.6 Å². The number of imide groups is 2. The van der Waals surface area contributed by atoms with Crippen LogP contribution in [0.1, 0.15) is 155 Å². The molecule has 53 heavy (non-hydrogen) atoms. The molecule has 0 radical (unpaired) electrons. The number of hydrogen-bond acceptors (Lipinski definition) is 7. The van der Waals surface area contributed by atoms with Gasteiger partial charge in [0.05, 0.1) is 0 Å². The quantitative estimate of drug-likeness (QED) is 0.190. The van der Waals surface area contributed by atoms with Gasteiger partial charge in [-0.3, -0.25) is 44.2 Å². The molecule has 3 aromatic carbocycles. The highest BCUT2D eigenvalue weighted by atomic mass is 16.2. The fourth-order valence-electron chi connectivity index (χ4n) is 6.02. The highest BCUT2D eigenvalue weighted by molar-refractivity contribution is 6.09. The number of carbonyl (C=O) groups excluding carboxylic acids is 7. The Morgan fingerprint density at radius 3 is 1.68 bits per heavy atom. The van der Waals surface area contributed by atoms with E-state index in [-0.39, 0.29) is 52.8 Å². The molecule has 0 saturated carbocycles. The summed E-state index contributed by atoms with van der Waals surface area (Å²) >= 11 is 0. The minimum absolute atomic E-state index is 0.0349. The van der Waals surface area contributed by atoms with Gasteiger partial charge in [0.15, 0.2) is 17.3 Å². The van der Waals surface area contributed by atoms with Gasteiger partial charge in [-0.25, -0.2) is 0 Å². The zero-order chi connectivity index (χ0) is 40.6. The van der Waals surface area contributed by atoms with Crippen molar-refractivity contribution in [1.29, 1.82) is 0 Å². The fraction of sp³-hybridized carbons (Fsp3) is 0.477. The molecular formula is C44H60N2O7. The number of piperidine rings is 2. The molecule has 4 amide bonds. The third kappa shape index (κ3) is 13.9. The molecule has 2 aliphatic heterocycles. The molecule has 0 aliphatic carbocycles. The number of benzene rings is 3. The number of fused-ring (bicyclic) bond motifs is 1. The Labute approximate surface area is 316 Å². The number of ketones is 3. The summed E-state index contributed by atoms with van der Waals surface area (Å²) in [6, 6.07) is 15.6. The van der Waals surface area contributed by atoms with Crippen LogP contribution in [0.4, 0.5) is 0 Å². The maximum Gasteiger partial charge on any atom is 0.229 e. The van der Waals surface area contributed by atoms with Crippen molar-refractivity contribution in [2.24, 2.45) is 17.8 Å². The second kappa shape index (κ2) is 22.3. The van der Waals surface area contributed by atoms with Crippen LogP contribution in [0.25, 0.3) is 10.8 Å². The van der Waals surface area contributed by atoms with E-state index < -0.39 is 0 Å². The van der Waals surface area contributed by atoms with Gasteiger partial charge in [0, 0.05) is 41.4 Å². The van der Waals surface area contributed by atoms with Crippen molar-refractivity contribution in [2.45, 2.75) is 121 Å². The second-order valence-corrected chi connectivity index (χ2v) is 13.9. The van der Waals surface area contributed by atoms with Gasteiger partial charge in [0.25, 0.3) is 0 Å². The van der Waals surface area contributed by atoms with Crippen LogP contribution in [0.3, 0.4) is 0 Å². The number of carbonyl (C=O) groups is 7. The number of Topliss-reactive ketones (excluding diaryl/α,β-unsaturated/α-hetero) is 3. The van der Waals surface area contributed by atoms with E-state index in [1.807, 2.05) is 65.8 Å². The normalized spacial score (nSPS) is 16.3. The molecule has 2 saturated heterocycles. The summed E-state index contributed by atoms with van der Waals surface area (Å²) in [7, 11) is 0. The lowest BCUT2D eigenvalue weighted by molar-refractivity contribution is -0.138. The number of nitrogens with one attached hydrogen (secondary N) is 2. The summed E-state index contributed by atoms with van der Waals surface area (Å²) in [5.74, 6) is 0.363. The van der Waals surface area contributed by atoms with Crippen molar-refractivity contribution in [3.63, 3.8) is 0 Å². The predicted molar refractivity (Wildman–Crippen MR) is 212 cm³/mol. The van der Waals surface area contributed by atoms with Gasteiger partial charge in [-0.2, -0.15) is 0 Å². The number of aryl methyl sites for hydroxylation is 2. The molecule has 0 spiro atoms. The monoisotopic (exact) mass is 728 g/mol. The van der Waals surface area contributed by atoms with Crippen molar-refractivity contribution in [3.8, 4) is 0 Å². The van der Waals surface area contributed by atoms with Crippen molar-refractivity contribution in [2.75, 3.05) is 0 Å². The minimum Gasteiger partial charge on any atom is -0.296 e. The first-order chi connectivity index (χ1) is 24.9. The van der Waals surface area contributed by atoms with Crippen molar-refractivity contribution in [3.05, 3.63) is 81.9 Å². The Bertz CT molecular complexity index is 1790. The highest BCUT2D eigenvalue weighted by Crippen LogP contribution is 2.26. The van der Waals surface area contributed by atoms with Gasteiger partial charge in [0.1, 0.15) is 0 Å². The van der Waals surface area contributed by atoms with Crippen molar-refractivity contribution in [1.82, 2.24) is 10.6 Å². The van der Waals surface area contributed by atoms with Crippen LogP contribution < -0.4 is 10.6 Å². The highest BCUT2D eigenvalue weighted by Gasteiger charge is 2.28. The first-order valence-electron chi connectivity index (χ1n) is 18.7. The van der Waals surface area contributed by atoms with E-state index >= 15 is 0 Å². The van der Waals surface area contributed by atoms with Gasteiger partial charge < -0.3 is 0 Å². The Kier molecular flexibility index (Phi) is 19.5. The summed E-state index contributed by atoms with van der Waals surface area (Å²) in [5, 5.41) is 6.92. The molecule has 5 rings (SSSR count). The van der Waals surface area contributed by atoms with E-state index in [4.69, 9.17) is 0 Å². The lowest BCUT2D eigenvalue weighted by atomic mass is 9.88. The Hall–Kier alpha value is -4.79. The minimum atomic E-state index is -0.132. The molecule has 9 heteroatoms. The molecule has 0 aromatic heterocycles. The first kappa shape index (κ1) is 46.2. The number of hydrogen-bond donors (Lipinski definition) is 2. The van der Waals surface area contributed by atoms with Crippen LogP contribution in [0.15, 0.2) is 48.5 Å². The van der Waals surface area contributed by atoms with Crippen LogP contribution >= 0.6 is 0 Å². The Morgan fingerprint density at radius 1 is 0.679 bits per heavy atom. The van der Waals surface area contributed by atoms with Crippen LogP contribution in [0, 0.1) is 31.6 Å². The molecule has 3 aromatic rings. The number of rotatable bonds is 6. The average Bonchev–Trinajstić information content (AvgIpc) is 3.11. The molecule has 288 valence electrons. The van der Waals surface area contributed by atoms with Gasteiger partial charge in [-0.05, 0) is 99.2 Å². The summed E-state index contributed by atoms with van der Waals surface area (Å²) in [4.78, 5) is 77.5. The maximum atomic E-state index is 11.5. The predicted octanol–water partition coefficient (Wildman–Crippen LogP) is 9.05. The van der Waals surface area contributed by atoms with E-state index in [0.717, 1.165) is 29.4 Å². The fourth-order valence-corrected chi connectivity index (χ4v) is 6.02. The summed E-state index contributed by atoms with van der Waals surface area (Å²) in [5.41, 5.74) is 5.36. The standard InChI is InChI=1S/C14H14O.C13H16O2.C8H13NO2.C7H11NO2.C2H6/c1-9-7-8-10(2)14-12(9)5-4-6-13(14)11(3)15;1-8(2)11-5-6-12(9(3)14)13(7-11)10(4)15;1-5(2)6-3-4-7(10)9-8(6)11;1-2-5-3-4-6(9)8-7(5)10;1-2/h4-8H,1-3H3;5-8H,1-4H3;5-6H,3-4H2,1-2H3,(H,9,10,11);5H,2-4H2,1H3,(H,8,9,10);1-2H3. The first-order valence-corrected chi connectivity index (χ1v) is 18.7. The molecule has 2 fully saturated rings. The summed E-state index contributed by atoms with van der Waals surface area (Å²) in [6.07, 6.45) is 3.27. The van der Waals surface area contributed by atoms with E-state index in [1.165, 1.54) is 30.4 Å². The van der Waals surface area contributed by atoms with Crippen LogP contribution in [-0.2, 0) is 19.2 Å². The maximum absolute atomic E-state index is 11.5. The largest absolute Gasteiger partial charge is 0.296 e. The molecular weight excluding hydrogens is 668 g/mol. The van der Waals surface area contributed by atoms with E-state index in [1.54, 1.807) is 13.0 Å². The zero-order valence-electron chi connectivity index (χ0n) is 33.8. The van der Waals surface area contributed by atoms with E-state index in [9.17, 15) is 33.6 Å². The number of amides is 4. The van der Waals surface area contributed by atoms with Gasteiger partial charge in [-0.1, -0.05) is 90.9 Å². The molecule has 2 atom stereocenters. The SMILES string of the molecule is CC.CC(=O)c1ccc(C(C)C)cc1C(C)=O.CC(=O)c1cccc2c(C)ccc(C)c12.CC(C)C1CCC(=O)NC1=O.CCC1CCC(=O)NC1=O. The third-order valence-corrected chi connectivity index (χ3v) is 9.25. The van der Waals surface area contributed by atoms with E-state index in [0.29, 0.717) is 42.2 Å². The topological polar surface area (TPSA) is 144 Å². The van der Waals surface area contributed by atoms with Crippen LogP contribution in [0.5, 0.6) is 0 Å². The summed E-state index contributed by atoms with van der Waals surface area (Å²) in [6.45, 7) is 22.8. The van der Waals surface area contributed by atoms with Crippen molar-refractivity contribution >= 4 is 51.8 Å². The second-order valence-electron chi connectivity index (χ2n) is 13.9.